The van der Waals surface area contributed by atoms with Gasteiger partial charge in [-0.3, -0.25) is 9.10 Å². The molecule has 174 valence electrons. The second-order valence-electron chi connectivity index (χ2n) is 8.84. The number of nitrogens with one attached hydrogen (secondary N) is 1. The third-order valence-electron chi connectivity index (χ3n) is 5.48. The molecule has 7 nitrogen and oxygen atoms in total. The van der Waals surface area contributed by atoms with E-state index in [1.807, 2.05) is 39.0 Å². The summed E-state index contributed by atoms with van der Waals surface area (Å²) in [4.78, 5) is 12.7. The number of para-hydroxylation sites is 2. The lowest BCUT2D eigenvalue weighted by Gasteiger charge is -2.38. The van der Waals surface area contributed by atoms with Crippen LogP contribution in [0.3, 0.4) is 0 Å². The van der Waals surface area contributed by atoms with Crippen molar-refractivity contribution in [2.45, 2.75) is 51.7 Å². The lowest BCUT2D eigenvalue weighted by atomic mass is 9.89. The largest absolute Gasteiger partial charge is 0.495 e. The Morgan fingerprint density at radius 3 is 2.66 bits per heavy atom. The first-order valence-electron chi connectivity index (χ1n) is 10.7. The highest BCUT2D eigenvalue weighted by atomic mass is 32.2. The summed E-state index contributed by atoms with van der Waals surface area (Å²) < 4.78 is 37.5. The molecule has 1 heterocycles. The van der Waals surface area contributed by atoms with Gasteiger partial charge < -0.3 is 14.8 Å². The van der Waals surface area contributed by atoms with E-state index < -0.39 is 15.6 Å². The first-order chi connectivity index (χ1) is 15.0. The maximum Gasteiger partial charge on any atom is 0.232 e. The van der Waals surface area contributed by atoms with Crippen LogP contribution in [0.1, 0.15) is 50.3 Å². The van der Waals surface area contributed by atoms with Gasteiger partial charge in [0.2, 0.25) is 15.9 Å². The van der Waals surface area contributed by atoms with Gasteiger partial charge in [-0.15, -0.1) is 0 Å². The molecule has 1 unspecified atom stereocenters. The van der Waals surface area contributed by atoms with Gasteiger partial charge in [-0.2, -0.15) is 0 Å². The monoisotopic (exact) mass is 460 g/mol. The molecule has 1 N–H and O–H groups in total. The fraction of sp³-hybridized carbons (Fsp3) is 0.458. The van der Waals surface area contributed by atoms with E-state index in [2.05, 4.69) is 5.32 Å². The quantitative estimate of drug-likeness (QED) is 0.644. The molecule has 32 heavy (non-hydrogen) atoms. The molecule has 3 rings (SSSR count). The summed E-state index contributed by atoms with van der Waals surface area (Å²) in [6.07, 6.45) is 2.40. The highest BCUT2D eigenvalue weighted by Crippen LogP contribution is 2.40. The Balaban J connectivity index is 1.67. The van der Waals surface area contributed by atoms with Crippen LogP contribution in [-0.2, 0) is 14.8 Å². The predicted molar refractivity (Wildman–Crippen MR) is 126 cm³/mol. The molecule has 1 atom stereocenters. The molecular weight excluding hydrogens is 428 g/mol. The molecule has 2 aromatic carbocycles. The van der Waals surface area contributed by atoms with Crippen LogP contribution in [-0.4, -0.2) is 39.8 Å². The van der Waals surface area contributed by atoms with Crippen molar-refractivity contribution in [3.05, 3.63) is 53.6 Å². The van der Waals surface area contributed by atoms with E-state index in [0.29, 0.717) is 24.3 Å². The van der Waals surface area contributed by atoms with Crippen molar-refractivity contribution in [2.24, 2.45) is 0 Å². The maximum absolute atomic E-state index is 12.7. The van der Waals surface area contributed by atoms with E-state index in [0.717, 1.165) is 23.1 Å². The van der Waals surface area contributed by atoms with Gasteiger partial charge in [-0.05, 0) is 51.0 Å². The standard InChI is InChI=1S/C24H32N2O5S/c1-17-12-13-18-19(16-24(2,3)31-22(18)15-17)25-23(27)11-8-14-26(32(5,28)29)20-9-6-7-10-21(20)30-4/h6-7,9-10,12-13,15,19H,8,11,14,16H2,1-5H3,(H,25,27). The van der Waals surface area contributed by atoms with Gasteiger partial charge in [0, 0.05) is 24.9 Å². The summed E-state index contributed by atoms with van der Waals surface area (Å²) in [7, 11) is -2.03. The minimum absolute atomic E-state index is 0.118. The number of methoxy groups -OCH3 is 1. The highest BCUT2D eigenvalue weighted by Gasteiger charge is 2.34. The molecule has 2 aromatic rings. The minimum Gasteiger partial charge on any atom is -0.495 e. The Morgan fingerprint density at radius 2 is 1.97 bits per heavy atom. The van der Waals surface area contributed by atoms with E-state index in [1.54, 1.807) is 24.3 Å². The maximum atomic E-state index is 12.7. The van der Waals surface area contributed by atoms with Crippen LogP contribution in [0.4, 0.5) is 5.69 Å². The summed E-state index contributed by atoms with van der Waals surface area (Å²) in [5.74, 6) is 1.15. The number of rotatable bonds is 8. The number of fused-ring (bicyclic) bond motifs is 1. The first-order valence-corrected chi connectivity index (χ1v) is 12.5. The number of anilines is 1. The van der Waals surface area contributed by atoms with E-state index >= 15 is 0 Å². The van der Waals surface area contributed by atoms with Crippen LogP contribution in [0, 0.1) is 6.92 Å². The Kier molecular flexibility index (Phi) is 7.03. The van der Waals surface area contributed by atoms with Crippen LogP contribution in [0.5, 0.6) is 11.5 Å². The van der Waals surface area contributed by atoms with Gasteiger partial charge in [0.25, 0.3) is 0 Å². The Labute approximate surface area is 190 Å². The zero-order chi connectivity index (χ0) is 23.5. The van der Waals surface area contributed by atoms with Crippen LogP contribution >= 0.6 is 0 Å². The fourth-order valence-electron chi connectivity index (χ4n) is 4.04. The van der Waals surface area contributed by atoms with Crippen molar-refractivity contribution in [3.8, 4) is 11.5 Å². The van der Waals surface area contributed by atoms with Crippen LogP contribution in [0.2, 0.25) is 0 Å². The summed E-state index contributed by atoms with van der Waals surface area (Å²) in [5, 5.41) is 3.11. The van der Waals surface area contributed by atoms with Crippen molar-refractivity contribution in [3.63, 3.8) is 0 Å². The number of ether oxygens (including phenoxy) is 2. The summed E-state index contributed by atoms with van der Waals surface area (Å²) in [6, 6.07) is 12.8. The molecule has 1 amide bonds. The second-order valence-corrected chi connectivity index (χ2v) is 10.7. The third kappa shape index (κ3) is 5.73. The molecule has 8 heteroatoms. The second kappa shape index (κ2) is 9.40. The van der Waals surface area contributed by atoms with E-state index in [-0.39, 0.29) is 24.9 Å². The number of hydrogen-bond acceptors (Lipinski definition) is 5. The van der Waals surface area contributed by atoms with E-state index in [4.69, 9.17) is 9.47 Å². The van der Waals surface area contributed by atoms with Crippen molar-refractivity contribution >= 4 is 21.6 Å². The number of carbonyl (C=O) groups excluding carboxylic acids is 1. The average Bonchev–Trinajstić information content (AvgIpc) is 2.69. The summed E-state index contributed by atoms with van der Waals surface area (Å²) in [6.45, 7) is 6.21. The van der Waals surface area contributed by atoms with Crippen LogP contribution < -0.4 is 19.1 Å². The SMILES string of the molecule is COc1ccccc1N(CCCC(=O)NC1CC(C)(C)Oc2cc(C)ccc21)S(C)(=O)=O. The molecule has 0 spiro atoms. The zero-order valence-corrected chi connectivity index (χ0v) is 20.2. The van der Waals surface area contributed by atoms with Crippen molar-refractivity contribution < 1.29 is 22.7 Å². The summed E-state index contributed by atoms with van der Waals surface area (Å²) >= 11 is 0. The van der Waals surface area contributed by atoms with Gasteiger partial charge >= 0.3 is 0 Å². The van der Waals surface area contributed by atoms with Crippen molar-refractivity contribution in [1.29, 1.82) is 0 Å². The van der Waals surface area contributed by atoms with Crippen molar-refractivity contribution in [1.82, 2.24) is 5.32 Å². The number of nitrogens with zero attached hydrogens (tertiary/aromatic N) is 1. The van der Waals surface area contributed by atoms with E-state index in [1.165, 1.54) is 11.4 Å². The first kappa shape index (κ1) is 23.9. The lowest BCUT2D eigenvalue weighted by Crippen LogP contribution is -2.41. The Hall–Kier alpha value is -2.74. The number of amides is 1. The van der Waals surface area contributed by atoms with E-state index in [9.17, 15) is 13.2 Å². The fourth-order valence-corrected chi connectivity index (χ4v) is 5.01. The predicted octanol–water partition coefficient (Wildman–Crippen LogP) is 3.97. The Morgan fingerprint density at radius 1 is 1.25 bits per heavy atom. The normalized spacial score (nSPS) is 17.1. The number of benzene rings is 2. The molecule has 0 radical (unpaired) electrons. The van der Waals surface area contributed by atoms with Gasteiger partial charge in [0.1, 0.15) is 17.1 Å². The number of hydrogen-bond donors (Lipinski definition) is 1. The molecule has 0 saturated carbocycles. The van der Waals surface area contributed by atoms with Gasteiger partial charge in [0.15, 0.2) is 0 Å². The number of aryl methyl sites for hydroxylation is 1. The molecular formula is C24H32N2O5S. The average molecular weight is 461 g/mol. The number of carbonyl (C=O) groups is 1. The molecule has 1 aliphatic rings. The van der Waals surface area contributed by atoms with Crippen molar-refractivity contribution in [2.75, 3.05) is 24.2 Å². The Bertz CT molecular complexity index is 1080. The van der Waals surface area contributed by atoms with Crippen LogP contribution in [0.25, 0.3) is 0 Å². The molecule has 0 aliphatic carbocycles. The molecule has 0 fully saturated rings. The lowest BCUT2D eigenvalue weighted by molar-refractivity contribution is -0.122. The zero-order valence-electron chi connectivity index (χ0n) is 19.3. The minimum atomic E-state index is -3.53. The number of sulfonamides is 1. The smallest absolute Gasteiger partial charge is 0.232 e. The van der Waals surface area contributed by atoms with Crippen LogP contribution in [0.15, 0.2) is 42.5 Å². The summed E-state index contributed by atoms with van der Waals surface area (Å²) in [5.41, 5.74) is 2.14. The van der Waals surface area contributed by atoms with Gasteiger partial charge in [-0.1, -0.05) is 24.3 Å². The van der Waals surface area contributed by atoms with Gasteiger partial charge in [-0.25, -0.2) is 8.42 Å². The van der Waals surface area contributed by atoms with Gasteiger partial charge in [0.05, 0.1) is 25.1 Å². The molecule has 1 aliphatic heterocycles. The molecule has 0 bridgehead atoms. The molecule has 0 saturated heterocycles. The third-order valence-corrected chi connectivity index (χ3v) is 6.66. The topological polar surface area (TPSA) is 84.9 Å². The highest BCUT2D eigenvalue weighted by molar-refractivity contribution is 7.92. The molecule has 0 aromatic heterocycles.